The van der Waals surface area contributed by atoms with E-state index >= 15 is 0 Å². The van der Waals surface area contributed by atoms with Crippen LogP contribution in [0.25, 0.3) is 11.6 Å². The van der Waals surface area contributed by atoms with E-state index in [1.807, 2.05) is 0 Å². The molecule has 0 spiro atoms. The number of nitrogens with one attached hydrogen (secondary N) is 1. The molecule has 1 aromatic carbocycles. The lowest BCUT2D eigenvalue weighted by atomic mass is 10.1. The van der Waals surface area contributed by atoms with Gasteiger partial charge in [-0.15, -0.1) is 0 Å². The lowest BCUT2D eigenvalue weighted by Gasteiger charge is -2.27. The van der Waals surface area contributed by atoms with Gasteiger partial charge in [0.05, 0.1) is 19.1 Å². The third kappa shape index (κ3) is 3.26. The molecule has 0 amide bonds. The number of rotatable bonds is 4. The molecular formula is C19H19N3O5. The zero-order valence-electron chi connectivity index (χ0n) is 14.7. The van der Waals surface area contributed by atoms with Gasteiger partial charge in [0.2, 0.25) is 5.75 Å². The van der Waals surface area contributed by atoms with Crippen molar-refractivity contribution in [1.82, 2.24) is 14.9 Å². The summed E-state index contributed by atoms with van der Waals surface area (Å²) in [6.07, 6.45) is 2.11. The average Bonchev–Trinajstić information content (AvgIpc) is 3.19. The van der Waals surface area contributed by atoms with Crippen LogP contribution >= 0.6 is 0 Å². The van der Waals surface area contributed by atoms with E-state index in [1.165, 1.54) is 19.4 Å². The van der Waals surface area contributed by atoms with Gasteiger partial charge in [-0.25, -0.2) is 4.98 Å². The van der Waals surface area contributed by atoms with Crippen LogP contribution in [0.2, 0.25) is 0 Å². The van der Waals surface area contributed by atoms with Crippen molar-refractivity contribution in [2.45, 2.75) is 19.5 Å². The van der Waals surface area contributed by atoms with E-state index in [0.717, 1.165) is 5.56 Å². The molecule has 8 heteroatoms. The topological polar surface area (TPSA) is 112 Å². The SMILES string of the molecule is COc1cc(CN2CCc3c(nc(-c4ccco4)[nH]c3=O)C2)cc(O)c1O. The molecule has 27 heavy (non-hydrogen) atoms. The lowest BCUT2D eigenvalue weighted by Crippen LogP contribution is -2.35. The fraction of sp³-hybridized carbons (Fsp3) is 0.263. The molecule has 0 saturated carbocycles. The molecule has 0 fully saturated rings. The third-order valence-corrected chi connectivity index (χ3v) is 4.65. The first-order chi connectivity index (χ1) is 13.0. The van der Waals surface area contributed by atoms with Gasteiger partial charge < -0.3 is 24.4 Å². The fourth-order valence-corrected chi connectivity index (χ4v) is 3.31. The molecule has 3 aromatic rings. The summed E-state index contributed by atoms with van der Waals surface area (Å²) < 4.78 is 10.4. The summed E-state index contributed by atoms with van der Waals surface area (Å²) in [6, 6.07) is 6.68. The molecule has 0 saturated heterocycles. The molecule has 1 aliphatic rings. The lowest BCUT2D eigenvalue weighted by molar-refractivity contribution is 0.239. The highest BCUT2D eigenvalue weighted by molar-refractivity contribution is 5.52. The Balaban J connectivity index is 1.60. The van der Waals surface area contributed by atoms with Gasteiger partial charge in [0, 0.05) is 25.2 Å². The zero-order chi connectivity index (χ0) is 19.0. The number of methoxy groups -OCH3 is 1. The summed E-state index contributed by atoms with van der Waals surface area (Å²) in [5.41, 5.74) is 2.05. The van der Waals surface area contributed by atoms with Crippen molar-refractivity contribution >= 4 is 0 Å². The van der Waals surface area contributed by atoms with Crippen LogP contribution in [0, 0.1) is 0 Å². The molecule has 8 nitrogen and oxygen atoms in total. The second kappa shape index (κ2) is 6.81. The van der Waals surface area contributed by atoms with Crippen molar-refractivity contribution < 1.29 is 19.4 Å². The van der Waals surface area contributed by atoms with Gasteiger partial charge in [0.25, 0.3) is 5.56 Å². The van der Waals surface area contributed by atoms with Gasteiger partial charge in [0.15, 0.2) is 23.1 Å². The predicted octanol–water partition coefficient (Wildman–Crippen LogP) is 2.01. The molecule has 0 unspecified atom stereocenters. The van der Waals surface area contributed by atoms with E-state index in [4.69, 9.17) is 9.15 Å². The van der Waals surface area contributed by atoms with Crippen molar-refractivity contribution in [3.63, 3.8) is 0 Å². The minimum absolute atomic E-state index is 0.144. The molecule has 140 valence electrons. The number of nitrogens with zero attached hydrogens (tertiary/aromatic N) is 2. The highest BCUT2D eigenvalue weighted by Gasteiger charge is 2.22. The third-order valence-electron chi connectivity index (χ3n) is 4.65. The van der Waals surface area contributed by atoms with Crippen LogP contribution in [-0.2, 0) is 19.5 Å². The van der Waals surface area contributed by atoms with Gasteiger partial charge in [-0.3, -0.25) is 9.69 Å². The van der Waals surface area contributed by atoms with E-state index < -0.39 is 0 Å². The van der Waals surface area contributed by atoms with E-state index in [1.54, 1.807) is 18.2 Å². The number of aromatic amines is 1. The molecule has 3 heterocycles. The Morgan fingerprint density at radius 2 is 2.22 bits per heavy atom. The number of phenolic OH excluding ortho intramolecular Hbond substituents is 2. The maximum Gasteiger partial charge on any atom is 0.254 e. The molecule has 3 N–H and O–H groups in total. The monoisotopic (exact) mass is 369 g/mol. The Morgan fingerprint density at radius 3 is 2.96 bits per heavy atom. The quantitative estimate of drug-likeness (QED) is 0.603. The van der Waals surface area contributed by atoms with Crippen molar-refractivity contribution in [1.29, 1.82) is 0 Å². The molecular weight excluding hydrogens is 350 g/mol. The summed E-state index contributed by atoms with van der Waals surface area (Å²) in [4.78, 5) is 21.8. The van der Waals surface area contributed by atoms with Crippen molar-refractivity contribution in [2.24, 2.45) is 0 Å². The van der Waals surface area contributed by atoms with E-state index in [2.05, 4.69) is 14.9 Å². The number of furan rings is 1. The molecule has 0 aliphatic carbocycles. The predicted molar refractivity (Wildman–Crippen MR) is 96.7 cm³/mol. The number of hydrogen-bond donors (Lipinski definition) is 3. The van der Waals surface area contributed by atoms with Gasteiger partial charge in [-0.1, -0.05) is 0 Å². The van der Waals surface area contributed by atoms with E-state index in [0.29, 0.717) is 48.9 Å². The summed E-state index contributed by atoms with van der Waals surface area (Å²) in [5, 5.41) is 19.6. The molecule has 0 bridgehead atoms. The Morgan fingerprint density at radius 1 is 1.37 bits per heavy atom. The van der Waals surface area contributed by atoms with Crippen LogP contribution in [0.4, 0.5) is 0 Å². The van der Waals surface area contributed by atoms with Crippen LogP contribution in [0.5, 0.6) is 17.2 Å². The largest absolute Gasteiger partial charge is 0.504 e. The smallest absolute Gasteiger partial charge is 0.254 e. The Kier molecular flexibility index (Phi) is 4.33. The first-order valence-corrected chi connectivity index (χ1v) is 8.52. The van der Waals surface area contributed by atoms with Gasteiger partial charge >= 0.3 is 0 Å². The van der Waals surface area contributed by atoms with Crippen molar-refractivity contribution in [2.75, 3.05) is 13.7 Å². The molecule has 2 aromatic heterocycles. The number of aromatic hydroxyl groups is 2. The summed E-state index contributed by atoms with van der Waals surface area (Å²) >= 11 is 0. The van der Waals surface area contributed by atoms with Crippen LogP contribution < -0.4 is 10.3 Å². The second-order valence-corrected chi connectivity index (χ2v) is 6.44. The fourth-order valence-electron chi connectivity index (χ4n) is 3.31. The van der Waals surface area contributed by atoms with Gasteiger partial charge in [-0.2, -0.15) is 0 Å². The molecule has 1 aliphatic heterocycles. The number of H-pyrrole nitrogens is 1. The molecule has 0 radical (unpaired) electrons. The first-order valence-electron chi connectivity index (χ1n) is 8.52. The summed E-state index contributed by atoms with van der Waals surface area (Å²) in [5.74, 6) is 0.643. The minimum atomic E-state index is -0.276. The van der Waals surface area contributed by atoms with Crippen LogP contribution in [0.15, 0.2) is 39.7 Å². The first kappa shape index (κ1) is 17.2. The minimum Gasteiger partial charge on any atom is -0.504 e. The number of ether oxygens (including phenoxy) is 1. The number of benzene rings is 1. The number of fused-ring (bicyclic) bond motifs is 1. The zero-order valence-corrected chi connectivity index (χ0v) is 14.7. The highest BCUT2D eigenvalue weighted by Crippen LogP contribution is 2.36. The van der Waals surface area contributed by atoms with Gasteiger partial charge in [0.1, 0.15) is 0 Å². The standard InChI is InChI=1S/C19H19N3O5/c1-26-16-8-11(7-14(23)17(16)24)9-22-5-4-12-13(10-22)20-18(21-19(12)25)15-3-2-6-27-15/h2-3,6-8,23-24H,4-5,9-10H2,1H3,(H,20,21,25). The van der Waals surface area contributed by atoms with Crippen molar-refractivity contribution in [3.05, 3.63) is 57.7 Å². The summed E-state index contributed by atoms with van der Waals surface area (Å²) in [6.45, 7) is 1.70. The van der Waals surface area contributed by atoms with Gasteiger partial charge in [-0.05, 0) is 36.2 Å². The maximum absolute atomic E-state index is 12.4. The van der Waals surface area contributed by atoms with E-state index in [9.17, 15) is 15.0 Å². The van der Waals surface area contributed by atoms with Crippen LogP contribution in [0.1, 0.15) is 16.8 Å². The van der Waals surface area contributed by atoms with Crippen LogP contribution in [0.3, 0.4) is 0 Å². The average molecular weight is 369 g/mol. The van der Waals surface area contributed by atoms with Crippen LogP contribution in [-0.4, -0.2) is 38.7 Å². The second-order valence-electron chi connectivity index (χ2n) is 6.44. The number of hydrogen-bond acceptors (Lipinski definition) is 7. The summed E-state index contributed by atoms with van der Waals surface area (Å²) in [7, 11) is 1.43. The Hall–Kier alpha value is -3.26. The van der Waals surface area contributed by atoms with E-state index in [-0.39, 0.29) is 22.8 Å². The molecule has 4 rings (SSSR count). The number of phenols is 2. The number of aromatic nitrogens is 2. The normalized spacial score (nSPS) is 14.1. The Labute approximate surface area is 154 Å². The molecule has 0 atom stereocenters. The Bertz CT molecular complexity index is 1030. The van der Waals surface area contributed by atoms with Crippen molar-refractivity contribution in [3.8, 4) is 28.8 Å². The maximum atomic E-state index is 12.4. The highest BCUT2D eigenvalue weighted by atomic mass is 16.5.